The number of rotatable bonds is 5. The third-order valence-corrected chi connectivity index (χ3v) is 7.98. The van der Waals surface area contributed by atoms with Crippen LogP contribution >= 0.6 is 0 Å². The van der Waals surface area contributed by atoms with E-state index in [0.717, 1.165) is 34.2 Å². The standard InChI is InChI=1S/C29H33F3N2O4/c1-28(2,3)27(36)38-26-22-11-17-10-21(25(26)34(15-17)23(35)13-29(30,31)32)24(22)33-14-16-5-6-19-12-20(37-4)8-7-18(19)9-16/h5-9,12,17,21-22,25-26H,10-11,13-15H2,1-4H3/t17?,21-,22+,25?,26-/m0/s1. The molecule has 2 unspecified atom stereocenters. The van der Waals surface area contributed by atoms with Crippen molar-refractivity contribution < 1.29 is 32.2 Å². The highest BCUT2D eigenvalue weighted by molar-refractivity contribution is 5.95. The second-order valence-electron chi connectivity index (χ2n) is 11.8. The van der Waals surface area contributed by atoms with Gasteiger partial charge >= 0.3 is 12.1 Å². The van der Waals surface area contributed by atoms with Crippen LogP contribution < -0.4 is 4.74 Å². The Morgan fingerprint density at radius 3 is 2.39 bits per heavy atom. The first-order valence-corrected chi connectivity index (χ1v) is 13.0. The number of hydrogen-bond donors (Lipinski definition) is 0. The molecule has 3 fully saturated rings. The molecule has 0 N–H and O–H groups in total. The van der Waals surface area contributed by atoms with E-state index in [1.54, 1.807) is 27.9 Å². The van der Waals surface area contributed by atoms with Crippen LogP contribution in [0.2, 0.25) is 0 Å². The van der Waals surface area contributed by atoms with Crippen LogP contribution in [0.5, 0.6) is 5.75 Å². The number of alkyl halides is 3. The molecule has 2 saturated carbocycles. The zero-order valence-corrected chi connectivity index (χ0v) is 22.0. The number of carbonyl (C=O) groups excluding carboxylic acids is 2. The number of piperidine rings is 1. The Balaban J connectivity index is 1.45. The maximum absolute atomic E-state index is 13.2. The van der Waals surface area contributed by atoms with Crippen LogP contribution in [0.1, 0.15) is 45.6 Å². The van der Waals surface area contributed by atoms with Gasteiger partial charge in [0.15, 0.2) is 0 Å². The van der Waals surface area contributed by atoms with Crippen LogP contribution in [0.15, 0.2) is 41.4 Å². The summed E-state index contributed by atoms with van der Waals surface area (Å²) < 4.78 is 50.7. The first-order valence-electron chi connectivity index (χ1n) is 13.0. The van der Waals surface area contributed by atoms with Crippen molar-refractivity contribution in [1.29, 1.82) is 0 Å². The van der Waals surface area contributed by atoms with Gasteiger partial charge in [-0.2, -0.15) is 13.2 Å². The lowest BCUT2D eigenvalue weighted by atomic mass is 9.76. The van der Waals surface area contributed by atoms with E-state index >= 15 is 0 Å². The molecule has 0 radical (unpaired) electrons. The monoisotopic (exact) mass is 530 g/mol. The molecular formula is C29H33F3N2O4. The summed E-state index contributed by atoms with van der Waals surface area (Å²) in [5.74, 6) is -0.964. The van der Waals surface area contributed by atoms with Gasteiger partial charge in [0.25, 0.3) is 0 Å². The number of esters is 1. The smallest absolute Gasteiger partial charge is 0.397 e. The number of nitrogens with zero attached hydrogens (tertiary/aromatic N) is 2. The van der Waals surface area contributed by atoms with E-state index in [9.17, 15) is 22.8 Å². The number of fused-ring (bicyclic) bond motifs is 3. The molecule has 3 bridgehead atoms. The largest absolute Gasteiger partial charge is 0.497 e. The number of hydrogen-bond acceptors (Lipinski definition) is 5. The van der Waals surface area contributed by atoms with Crippen molar-refractivity contribution in [2.24, 2.45) is 28.2 Å². The zero-order chi connectivity index (χ0) is 27.4. The van der Waals surface area contributed by atoms with Gasteiger partial charge in [0, 0.05) is 24.1 Å². The van der Waals surface area contributed by atoms with Gasteiger partial charge in [-0.25, -0.2) is 0 Å². The maximum atomic E-state index is 13.2. The highest BCUT2D eigenvalue weighted by Crippen LogP contribution is 2.51. The molecular weight excluding hydrogens is 497 g/mol. The first-order chi connectivity index (χ1) is 17.8. The van der Waals surface area contributed by atoms with Gasteiger partial charge in [0.1, 0.15) is 18.3 Å². The van der Waals surface area contributed by atoms with Crippen molar-refractivity contribution in [3.05, 3.63) is 42.0 Å². The van der Waals surface area contributed by atoms with Crippen LogP contribution in [-0.2, 0) is 20.9 Å². The lowest BCUT2D eigenvalue weighted by Gasteiger charge is -2.43. The van der Waals surface area contributed by atoms with Gasteiger partial charge in [-0.3, -0.25) is 14.6 Å². The Morgan fingerprint density at radius 2 is 1.71 bits per heavy atom. The van der Waals surface area contributed by atoms with Crippen molar-refractivity contribution in [3.8, 4) is 5.75 Å². The number of aliphatic imine (C=N–C) groups is 1. The molecule has 38 heavy (non-hydrogen) atoms. The van der Waals surface area contributed by atoms with E-state index < -0.39 is 42.0 Å². The number of methoxy groups -OCH3 is 1. The van der Waals surface area contributed by atoms with Crippen molar-refractivity contribution >= 4 is 28.4 Å². The molecule has 1 saturated heterocycles. The van der Waals surface area contributed by atoms with E-state index in [-0.39, 0.29) is 24.3 Å². The molecule has 1 aliphatic heterocycles. The van der Waals surface area contributed by atoms with Crippen LogP contribution in [0.4, 0.5) is 13.2 Å². The number of amides is 1. The molecule has 3 aliphatic rings. The molecule has 5 rings (SSSR count). The lowest BCUT2D eigenvalue weighted by Crippen LogP contribution is -2.54. The topological polar surface area (TPSA) is 68.2 Å². The van der Waals surface area contributed by atoms with Gasteiger partial charge in [0.05, 0.1) is 25.1 Å². The number of benzene rings is 2. The molecule has 1 heterocycles. The SMILES string of the molecule is COc1ccc2cc(CN=C3[C@H]4CC5C[C@@H]3C([C@H]4OC(=O)C(C)(C)C)N(C(=O)CC(F)(F)F)C5)ccc2c1. The number of ether oxygens (including phenoxy) is 2. The highest BCUT2D eigenvalue weighted by atomic mass is 19.4. The molecule has 9 heteroatoms. The summed E-state index contributed by atoms with van der Waals surface area (Å²) in [5, 5.41) is 2.10. The van der Waals surface area contributed by atoms with Gasteiger partial charge in [-0.15, -0.1) is 0 Å². The molecule has 0 spiro atoms. The summed E-state index contributed by atoms with van der Waals surface area (Å²) in [6.45, 7) is 5.88. The van der Waals surface area contributed by atoms with Gasteiger partial charge in [0.2, 0.25) is 5.91 Å². The molecule has 6 nitrogen and oxygen atoms in total. The molecule has 5 atom stereocenters. The first kappa shape index (κ1) is 26.5. The Labute approximate surface area is 220 Å². The van der Waals surface area contributed by atoms with Gasteiger partial charge in [-0.05, 0) is 74.1 Å². The fourth-order valence-corrected chi connectivity index (χ4v) is 6.27. The Hall–Kier alpha value is -3.10. The summed E-state index contributed by atoms with van der Waals surface area (Å²) >= 11 is 0. The predicted molar refractivity (Wildman–Crippen MR) is 137 cm³/mol. The summed E-state index contributed by atoms with van der Waals surface area (Å²) in [6, 6.07) is 11.3. The Kier molecular flexibility index (Phi) is 6.68. The van der Waals surface area contributed by atoms with E-state index in [1.807, 2.05) is 30.3 Å². The minimum atomic E-state index is -4.60. The van der Waals surface area contributed by atoms with Crippen molar-refractivity contribution in [1.82, 2.24) is 4.90 Å². The second kappa shape index (κ2) is 9.58. The molecule has 1 amide bonds. The van der Waals surface area contributed by atoms with Crippen LogP contribution in [0.3, 0.4) is 0 Å². The van der Waals surface area contributed by atoms with Crippen LogP contribution in [0.25, 0.3) is 10.8 Å². The van der Waals surface area contributed by atoms with Crippen molar-refractivity contribution in [2.75, 3.05) is 13.7 Å². The van der Waals surface area contributed by atoms with Crippen LogP contribution in [-0.4, -0.2) is 54.5 Å². The molecule has 2 aliphatic carbocycles. The van der Waals surface area contributed by atoms with Crippen molar-refractivity contribution in [2.45, 2.75) is 64.9 Å². The minimum absolute atomic E-state index is 0.0615. The predicted octanol–water partition coefficient (Wildman–Crippen LogP) is 5.57. The summed E-state index contributed by atoms with van der Waals surface area (Å²) in [4.78, 5) is 32.0. The van der Waals surface area contributed by atoms with E-state index in [4.69, 9.17) is 14.5 Å². The van der Waals surface area contributed by atoms with Gasteiger partial charge in [-0.1, -0.05) is 18.2 Å². The summed E-state index contributed by atoms with van der Waals surface area (Å²) in [6.07, 6.45) is -5.43. The normalized spacial score (nSPS) is 27.7. The van der Waals surface area contributed by atoms with E-state index in [1.165, 1.54) is 4.90 Å². The maximum Gasteiger partial charge on any atom is 0.397 e. The minimum Gasteiger partial charge on any atom is -0.497 e. The number of carbonyl (C=O) groups is 2. The van der Waals surface area contributed by atoms with Gasteiger partial charge < -0.3 is 14.4 Å². The molecule has 2 aromatic carbocycles. The summed E-state index contributed by atoms with van der Waals surface area (Å²) in [5.41, 5.74) is 1.08. The molecule has 2 aromatic rings. The fraction of sp³-hybridized carbons (Fsp3) is 0.552. The Morgan fingerprint density at radius 1 is 1.03 bits per heavy atom. The average Bonchev–Trinajstić information content (AvgIpc) is 2.94. The zero-order valence-electron chi connectivity index (χ0n) is 22.0. The average molecular weight is 531 g/mol. The lowest BCUT2D eigenvalue weighted by molar-refractivity contribution is -0.173. The quantitative estimate of drug-likeness (QED) is 0.475. The number of likely N-dealkylation sites (tertiary alicyclic amines) is 1. The fourth-order valence-electron chi connectivity index (χ4n) is 6.27. The third kappa shape index (κ3) is 5.12. The van der Waals surface area contributed by atoms with E-state index in [2.05, 4.69) is 6.07 Å². The number of halogens is 3. The Bertz CT molecular complexity index is 1280. The molecule has 0 aromatic heterocycles. The van der Waals surface area contributed by atoms with E-state index in [0.29, 0.717) is 13.0 Å². The summed E-state index contributed by atoms with van der Waals surface area (Å²) in [7, 11) is 1.63. The second-order valence-corrected chi connectivity index (χ2v) is 11.8. The molecule has 204 valence electrons. The van der Waals surface area contributed by atoms with Crippen LogP contribution in [0, 0.1) is 23.2 Å². The third-order valence-electron chi connectivity index (χ3n) is 7.98. The highest BCUT2D eigenvalue weighted by Gasteiger charge is 2.61. The van der Waals surface area contributed by atoms with Crippen molar-refractivity contribution in [3.63, 3.8) is 0 Å².